The molecular formula is C16H28N3O3P. The number of aliphatic hydroxyl groups excluding tert-OH is 1. The van der Waals surface area contributed by atoms with Gasteiger partial charge in [-0.15, -0.1) is 13.2 Å². The minimum absolute atomic E-state index is 0.262. The quantitative estimate of drug-likeness (QED) is 0.733. The van der Waals surface area contributed by atoms with Gasteiger partial charge in [-0.2, -0.15) is 0 Å². The number of aliphatic hydroxyl groups is 1. The highest BCUT2D eigenvalue weighted by atomic mass is 31.2. The third-order valence-electron chi connectivity index (χ3n) is 4.07. The fourth-order valence-electron chi connectivity index (χ4n) is 2.75. The lowest BCUT2D eigenvalue weighted by molar-refractivity contribution is -0.0697. The number of likely N-dealkylation sites (N-methyl/N-ethyl adjacent to an activating group) is 1. The average Bonchev–Trinajstić information content (AvgIpc) is 2.80. The molecule has 0 radical (unpaired) electrons. The predicted octanol–water partition coefficient (Wildman–Crippen LogP) is 1.10. The molecule has 7 heteroatoms. The highest BCUT2D eigenvalue weighted by molar-refractivity contribution is 7.72. The Labute approximate surface area is 138 Å². The summed E-state index contributed by atoms with van der Waals surface area (Å²) in [5.41, 5.74) is 0. The first-order valence-electron chi connectivity index (χ1n) is 7.72. The number of hydrogen-bond acceptors (Lipinski definition) is 6. The zero-order valence-corrected chi connectivity index (χ0v) is 15.3. The van der Waals surface area contributed by atoms with Crippen molar-refractivity contribution in [2.45, 2.75) is 31.0 Å². The summed E-state index contributed by atoms with van der Waals surface area (Å²) in [4.78, 5) is 6.17. The molecule has 2 aliphatic rings. The fraction of sp³-hybridized carbons (Fsp3) is 0.625. The molecule has 0 bridgehead atoms. The number of nitrogens with zero attached hydrogens (tertiary/aromatic N) is 2. The van der Waals surface area contributed by atoms with Gasteiger partial charge in [0.1, 0.15) is 23.9 Å². The minimum atomic E-state index is -1.16. The van der Waals surface area contributed by atoms with E-state index in [4.69, 9.17) is 9.47 Å². The van der Waals surface area contributed by atoms with Crippen LogP contribution >= 0.6 is 6.89 Å². The molecule has 0 aromatic carbocycles. The molecule has 0 amide bonds. The van der Waals surface area contributed by atoms with Crippen molar-refractivity contribution >= 4 is 19.0 Å². The molecule has 2 aliphatic heterocycles. The third kappa shape index (κ3) is 4.27. The van der Waals surface area contributed by atoms with E-state index >= 15 is 0 Å². The molecule has 2 N–H and O–H groups in total. The van der Waals surface area contributed by atoms with E-state index in [1.807, 2.05) is 17.2 Å². The van der Waals surface area contributed by atoms with Crippen LogP contribution in [0.15, 0.2) is 29.7 Å². The number of rotatable bonds is 5. The first kappa shape index (κ1) is 18.3. The number of methoxy groups -OCH3 is 1. The van der Waals surface area contributed by atoms with Crippen LogP contribution in [0.2, 0.25) is 0 Å². The minimum Gasteiger partial charge on any atom is -0.388 e. The molecule has 130 valence electrons. The molecule has 2 heterocycles. The lowest BCUT2D eigenvalue weighted by Gasteiger charge is -2.32. The average molecular weight is 341 g/mol. The molecule has 1 saturated heterocycles. The van der Waals surface area contributed by atoms with Gasteiger partial charge >= 0.3 is 0 Å². The molecule has 0 aromatic rings. The maximum absolute atomic E-state index is 10.5. The van der Waals surface area contributed by atoms with E-state index in [0.717, 1.165) is 18.4 Å². The predicted molar refractivity (Wildman–Crippen MR) is 97.5 cm³/mol. The SMILES string of the molecule is C=C1N=C(NC)C=CN1[C@@H]1O[C@H](CCP(=C)(C)C)[C@@H](O)[C@H]1OC. The van der Waals surface area contributed by atoms with Crippen LogP contribution in [0.1, 0.15) is 6.42 Å². The van der Waals surface area contributed by atoms with Crippen molar-refractivity contribution in [3.8, 4) is 0 Å². The van der Waals surface area contributed by atoms with Crippen LogP contribution in [0.25, 0.3) is 0 Å². The first-order chi connectivity index (χ1) is 10.8. The summed E-state index contributed by atoms with van der Waals surface area (Å²) in [6.07, 6.45) is 7.84. The molecular weight excluding hydrogens is 313 g/mol. The van der Waals surface area contributed by atoms with E-state index in [1.54, 1.807) is 14.2 Å². The molecule has 0 unspecified atom stereocenters. The number of amidine groups is 1. The summed E-state index contributed by atoms with van der Waals surface area (Å²) in [6, 6.07) is 0. The molecule has 0 aromatic heterocycles. The highest BCUT2D eigenvalue weighted by Crippen LogP contribution is 2.39. The van der Waals surface area contributed by atoms with Crippen LogP contribution in [-0.4, -0.2) is 80.3 Å². The molecule has 1 fully saturated rings. The second-order valence-electron chi connectivity index (χ2n) is 6.59. The van der Waals surface area contributed by atoms with Gasteiger partial charge in [-0.1, -0.05) is 6.58 Å². The van der Waals surface area contributed by atoms with Crippen molar-refractivity contribution in [1.29, 1.82) is 0 Å². The smallest absolute Gasteiger partial charge is 0.164 e. The van der Waals surface area contributed by atoms with Crippen molar-refractivity contribution in [3.05, 3.63) is 24.7 Å². The maximum atomic E-state index is 10.5. The first-order valence-corrected chi connectivity index (χ1v) is 10.8. The Hall–Kier alpha value is -1.07. The van der Waals surface area contributed by atoms with Crippen LogP contribution in [-0.2, 0) is 9.47 Å². The molecule has 23 heavy (non-hydrogen) atoms. The van der Waals surface area contributed by atoms with Gasteiger partial charge < -0.3 is 24.8 Å². The summed E-state index contributed by atoms with van der Waals surface area (Å²) >= 11 is 0. The normalized spacial score (nSPS) is 31.4. The Balaban J connectivity index is 2.10. The number of aliphatic imine (C=N–C) groups is 1. The van der Waals surface area contributed by atoms with Crippen LogP contribution in [0.4, 0.5) is 0 Å². The van der Waals surface area contributed by atoms with Gasteiger partial charge in [0.15, 0.2) is 6.23 Å². The molecule has 6 nitrogen and oxygen atoms in total. The Morgan fingerprint density at radius 3 is 2.74 bits per heavy atom. The van der Waals surface area contributed by atoms with Crippen LogP contribution in [0.3, 0.4) is 0 Å². The molecule has 0 aliphatic carbocycles. The third-order valence-corrected chi connectivity index (χ3v) is 5.54. The summed E-state index contributed by atoms with van der Waals surface area (Å²) in [6.45, 7) is 7.18. The fourth-order valence-corrected chi connectivity index (χ4v) is 3.71. The topological polar surface area (TPSA) is 66.3 Å². The summed E-state index contributed by atoms with van der Waals surface area (Å²) < 4.78 is 11.6. The van der Waals surface area contributed by atoms with Gasteiger partial charge in [-0.25, -0.2) is 4.99 Å². The van der Waals surface area contributed by atoms with E-state index in [9.17, 15) is 5.11 Å². The Bertz CT molecular complexity index is 555. The number of nitrogens with one attached hydrogen (secondary N) is 1. The molecule has 2 rings (SSSR count). The maximum Gasteiger partial charge on any atom is 0.164 e. The van der Waals surface area contributed by atoms with Crippen molar-refractivity contribution < 1.29 is 14.6 Å². The van der Waals surface area contributed by atoms with Gasteiger partial charge in [0.25, 0.3) is 0 Å². The van der Waals surface area contributed by atoms with Crippen molar-refractivity contribution in [2.24, 2.45) is 4.99 Å². The van der Waals surface area contributed by atoms with E-state index in [1.165, 1.54) is 0 Å². The molecule has 0 saturated carbocycles. The summed E-state index contributed by atoms with van der Waals surface area (Å²) in [5, 5.41) is 13.5. The van der Waals surface area contributed by atoms with Gasteiger partial charge in [0, 0.05) is 20.4 Å². The monoisotopic (exact) mass is 341 g/mol. The largest absolute Gasteiger partial charge is 0.388 e. The van der Waals surface area contributed by atoms with Crippen molar-refractivity contribution in [3.63, 3.8) is 0 Å². The van der Waals surface area contributed by atoms with E-state index < -0.39 is 25.3 Å². The number of hydrogen-bond donors (Lipinski definition) is 2. The van der Waals surface area contributed by atoms with Gasteiger partial charge in [-0.05, 0) is 32.0 Å². The van der Waals surface area contributed by atoms with Crippen LogP contribution in [0, 0.1) is 0 Å². The molecule has 4 atom stereocenters. The number of ether oxygens (including phenoxy) is 2. The standard InChI is InChI=1S/C16H28N3O3P/c1-11-18-13(17-2)7-9-19(11)16-15(21-3)14(20)12(22-16)8-10-23(4,5)6/h7,9,12,14-16,20H,1,4,8,10H2,2-3,5-6H3,(H,17,18)/t12-,14-,15-,16-/m1/s1. The van der Waals surface area contributed by atoms with Gasteiger partial charge in [0.05, 0.1) is 6.10 Å². The summed E-state index contributed by atoms with van der Waals surface area (Å²) in [7, 11) is 3.39. The van der Waals surface area contributed by atoms with E-state index in [2.05, 4.69) is 36.5 Å². The lowest BCUT2D eigenvalue weighted by atomic mass is 10.1. The lowest BCUT2D eigenvalue weighted by Crippen LogP contribution is -2.43. The second-order valence-corrected chi connectivity index (χ2v) is 10.9. The Morgan fingerprint density at radius 2 is 2.22 bits per heavy atom. The zero-order valence-electron chi connectivity index (χ0n) is 14.4. The summed E-state index contributed by atoms with van der Waals surface area (Å²) in [5.74, 6) is 1.29. The van der Waals surface area contributed by atoms with Gasteiger partial charge in [0.2, 0.25) is 0 Å². The van der Waals surface area contributed by atoms with Crippen LogP contribution in [0.5, 0.6) is 0 Å². The van der Waals surface area contributed by atoms with E-state index in [0.29, 0.717) is 5.82 Å². The Morgan fingerprint density at radius 1 is 1.52 bits per heavy atom. The van der Waals surface area contributed by atoms with Crippen molar-refractivity contribution in [2.75, 3.05) is 33.6 Å². The van der Waals surface area contributed by atoms with E-state index in [-0.39, 0.29) is 6.10 Å². The molecule has 0 spiro atoms. The van der Waals surface area contributed by atoms with Crippen LogP contribution < -0.4 is 5.32 Å². The van der Waals surface area contributed by atoms with Gasteiger partial charge in [-0.3, -0.25) is 0 Å². The highest BCUT2D eigenvalue weighted by Gasteiger charge is 2.46. The Kier molecular flexibility index (Phi) is 5.74. The zero-order chi connectivity index (χ0) is 17.2. The van der Waals surface area contributed by atoms with Crippen molar-refractivity contribution in [1.82, 2.24) is 10.2 Å². The second kappa shape index (κ2) is 7.22.